The number of allylic oxidation sites excluding steroid dienone is 3. The van der Waals surface area contributed by atoms with E-state index in [4.69, 9.17) is 0 Å². The summed E-state index contributed by atoms with van der Waals surface area (Å²) < 4.78 is 0. The fourth-order valence-electron chi connectivity index (χ4n) is 8.63. The van der Waals surface area contributed by atoms with Gasteiger partial charge in [0.25, 0.3) is 0 Å². The minimum absolute atomic E-state index is 0.616. The van der Waals surface area contributed by atoms with E-state index >= 15 is 0 Å². The maximum Gasteiger partial charge on any atom is -0.0146 e. The Bertz CT molecular complexity index is 556. The van der Waals surface area contributed by atoms with E-state index in [1.807, 2.05) is 5.57 Å². The van der Waals surface area contributed by atoms with Gasteiger partial charge >= 0.3 is 0 Å². The molecule has 4 saturated carbocycles. The van der Waals surface area contributed by atoms with Crippen molar-refractivity contribution in [3.63, 3.8) is 0 Å². The molecule has 4 rings (SSSR count). The van der Waals surface area contributed by atoms with Crippen LogP contribution in [0.3, 0.4) is 0 Å². The maximum atomic E-state index is 3.94. The van der Waals surface area contributed by atoms with Crippen LogP contribution in [0.25, 0.3) is 0 Å². The summed E-state index contributed by atoms with van der Waals surface area (Å²) in [4.78, 5) is 0. The smallest absolute Gasteiger partial charge is 0.0146 e. The lowest BCUT2D eigenvalue weighted by Crippen LogP contribution is -2.53. The summed E-state index contributed by atoms with van der Waals surface area (Å²) in [6.07, 6.45) is 22.1. The molecule has 146 valence electrons. The SMILES string of the molecule is C=CCCCC1CCC2C3C/C(=C\C)C4CCCCC4(C)C3CCC12C. The Morgan fingerprint density at radius 1 is 1.00 bits per heavy atom. The first-order chi connectivity index (χ1) is 12.5. The van der Waals surface area contributed by atoms with Crippen LogP contribution in [-0.2, 0) is 0 Å². The number of hydrogen-bond donors (Lipinski definition) is 0. The van der Waals surface area contributed by atoms with Crippen LogP contribution in [0.4, 0.5) is 0 Å². The van der Waals surface area contributed by atoms with Crippen molar-refractivity contribution in [1.29, 1.82) is 0 Å². The second kappa shape index (κ2) is 7.14. The van der Waals surface area contributed by atoms with Crippen LogP contribution < -0.4 is 0 Å². The molecule has 4 aliphatic rings. The zero-order valence-electron chi connectivity index (χ0n) is 17.7. The van der Waals surface area contributed by atoms with Crippen molar-refractivity contribution < 1.29 is 0 Å². The van der Waals surface area contributed by atoms with Gasteiger partial charge in [-0.25, -0.2) is 0 Å². The van der Waals surface area contributed by atoms with Crippen molar-refractivity contribution in [2.75, 3.05) is 0 Å². The van der Waals surface area contributed by atoms with E-state index in [2.05, 4.69) is 39.5 Å². The molecule has 4 aliphatic carbocycles. The first-order valence-electron chi connectivity index (χ1n) is 11.8. The maximum absolute atomic E-state index is 3.94. The van der Waals surface area contributed by atoms with Gasteiger partial charge in [-0.2, -0.15) is 0 Å². The second-order valence-corrected chi connectivity index (χ2v) is 10.8. The van der Waals surface area contributed by atoms with Crippen molar-refractivity contribution in [2.24, 2.45) is 40.4 Å². The van der Waals surface area contributed by atoms with Crippen LogP contribution in [0, 0.1) is 40.4 Å². The summed E-state index contributed by atoms with van der Waals surface area (Å²) in [5.41, 5.74) is 3.11. The number of rotatable bonds is 4. The lowest BCUT2D eigenvalue weighted by atomic mass is 9.44. The second-order valence-electron chi connectivity index (χ2n) is 10.8. The van der Waals surface area contributed by atoms with Gasteiger partial charge in [0, 0.05) is 0 Å². The number of hydrogen-bond acceptors (Lipinski definition) is 0. The summed E-state index contributed by atoms with van der Waals surface area (Å²) in [7, 11) is 0. The predicted molar refractivity (Wildman–Crippen MR) is 113 cm³/mol. The standard InChI is InChI=1S/C26H42/c1-5-7-8-11-20-13-14-23-21-18-19(6-2)22-12-9-10-16-26(22,4)24(21)15-17-25(20,23)3/h5-6,20-24H,1,7-18H2,2-4H3/b19-6+. The van der Waals surface area contributed by atoms with E-state index in [1.165, 1.54) is 77.0 Å². The molecule has 7 atom stereocenters. The molecule has 0 amide bonds. The third-order valence-corrected chi connectivity index (χ3v) is 9.99. The Labute approximate surface area is 162 Å². The first-order valence-corrected chi connectivity index (χ1v) is 11.8. The van der Waals surface area contributed by atoms with Gasteiger partial charge in [-0.15, -0.1) is 6.58 Å². The zero-order chi connectivity index (χ0) is 18.4. The minimum Gasteiger partial charge on any atom is -0.103 e. The van der Waals surface area contributed by atoms with E-state index in [0.717, 1.165) is 29.6 Å². The van der Waals surface area contributed by atoms with E-state index in [1.54, 1.807) is 0 Å². The fraction of sp³-hybridized carbons (Fsp3) is 0.846. The molecule has 0 aromatic heterocycles. The molecular weight excluding hydrogens is 312 g/mol. The molecule has 0 saturated heterocycles. The monoisotopic (exact) mass is 354 g/mol. The third-order valence-electron chi connectivity index (χ3n) is 9.99. The van der Waals surface area contributed by atoms with Crippen LogP contribution in [0.1, 0.15) is 97.8 Å². The topological polar surface area (TPSA) is 0 Å². The lowest BCUT2D eigenvalue weighted by molar-refractivity contribution is -0.0900. The Kier molecular flexibility index (Phi) is 5.17. The molecular formula is C26H42. The van der Waals surface area contributed by atoms with Crippen LogP contribution in [0.5, 0.6) is 0 Å². The van der Waals surface area contributed by atoms with Gasteiger partial charge in [0.15, 0.2) is 0 Å². The highest BCUT2D eigenvalue weighted by molar-refractivity contribution is 5.21. The molecule has 0 N–H and O–H groups in total. The minimum atomic E-state index is 0.616. The predicted octanol–water partition coefficient (Wildman–Crippen LogP) is 7.95. The van der Waals surface area contributed by atoms with E-state index in [9.17, 15) is 0 Å². The first kappa shape index (κ1) is 18.8. The number of unbranched alkanes of at least 4 members (excludes halogenated alkanes) is 1. The Balaban J connectivity index is 1.59. The molecule has 0 spiro atoms. The highest BCUT2D eigenvalue weighted by Gasteiger charge is 2.60. The molecule has 4 fully saturated rings. The molecule has 26 heavy (non-hydrogen) atoms. The van der Waals surface area contributed by atoms with Gasteiger partial charge in [0.05, 0.1) is 0 Å². The van der Waals surface area contributed by atoms with Gasteiger partial charge in [-0.1, -0.05) is 44.4 Å². The van der Waals surface area contributed by atoms with Gasteiger partial charge in [0.2, 0.25) is 0 Å². The molecule has 0 heterocycles. The molecule has 0 aromatic rings. The van der Waals surface area contributed by atoms with Crippen molar-refractivity contribution >= 4 is 0 Å². The summed E-state index contributed by atoms with van der Waals surface area (Å²) in [5.74, 6) is 4.91. The average molecular weight is 355 g/mol. The fourth-order valence-corrected chi connectivity index (χ4v) is 8.63. The van der Waals surface area contributed by atoms with Crippen molar-refractivity contribution in [2.45, 2.75) is 97.8 Å². The van der Waals surface area contributed by atoms with Gasteiger partial charge in [-0.3, -0.25) is 0 Å². The Morgan fingerprint density at radius 3 is 2.58 bits per heavy atom. The molecule has 0 heteroatoms. The largest absolute Gasteiger partial charge is 0.103 e. The normalized spacial score (nSPS) is 49.3. The van der Waals surface area contributed by atoms with Crippen molar-refractivity contribution in [3.05, 3.63) is 24.3 Å². The summed E-state index contributed by atoms with van der Waals surface area (Å²) in [5, 5.41) is 0. The van der Waals surface area contributed by atoms with Crippen LogP contribution in [-0.4, -0.2) is 0 Å². The van der Waals surface area contributed by atoms with E-state index in [0.29, 0.717) is 10.8 Å². The zero-order valence-corrected chi connectivity index (χ0v) is 17.7. The number of fused-ring (bicyclic) bond motifs is 5. The van der Waals surface area contributed by atoms with Crippen LogP contribution in [0.2, 0.25) is 0 Å². The van der Waals surface area contributed by atoms with Gasteiger partial charge in [0.1, 0.15) is 0 Å². The van der Waals surface area contributed by atoms with Crippen LogP contribution in [0.15, 0.2) is 24.3 Å². The highest BCUT2D eigenvalue weighted by Crippen LogP contribution is 2.68. The molecule has 0 aliphatic heterocycles. The van der Waals surface area contributed by atoms with E-state index < -0.39 is 0 Å². The highest BCUT2D eigenvalue weighted by atomic mass is 14.6. The lowest BCUT2D eigenvalue weighted by Gasteiger charge is -2.61. The molecule has 0 radical (unpaired) electrons. The Hall–Kier alpha value is -0.520. The van der Waals surface area contributed by atoms with Crippen molar-refractivity contribution in [3.8, 4) is 0 Å². The Morgan fingerprint density at radius 2 is 1.81 bits per heavy atom. The summed E-state index contributed by atoms with van der Waals surface area (Å²) >= 11 is 0. The summed E-state index contributed by atoms with van der Waals surface area (Å²) in [6, 6.07) is 0. The molecule has 7 unspecified atom stereocenters. The third kappa shape index (κ3) is 2.77. The summed E-state index contributed by atoms with van der Waals surface area (Å²) in [6.45, 7) is 11.7. The average Bonchev–Trinajstić information content (AvgIpc) is 2.97. The molecule has 0 nitrogen and oxygen atoms in total. The molecule has 0 aromatic carbocycles. The molecule has 0 bridgehead atoms. The van der Waals surface area contributed by atoms with Crippen molar-refractivity contribution in [1.82, 2.24) is 0 Å². The van der Waals surface area contributed by atoms with Crippen LogP contribution >= 0.6 is 0 Å². The quantitative estimate of drug-likeness (QED) is 0.355. The van der Waals surface area contributed by atoms with Gasteiger partial charge in [-0.05, 0) is 112 Å². The van der Waals surface area contributed by atoms with Gasteiger partial charge < -0.3 is 0 Å². The van der Waals surface area contributed by atoms with E-state index in [-0.39, 0.29) is 0 Å².